The minimum absolute atomic E-state index is 0.115. The summed E-state index contributed by atoms with van der Waals surface area (Å²) in [6, 6.07) is 14.6. The molecule has 0 fully saturated rings. The lowest BCUT2D eigenvalue weighted by atomic mass is 10.0. The molecular formula is C17H18F3NO. The fourth-order valence-corrected chi connectivity index (χ4v) is 2.11. The maximum absolute atomic E-state index is 12.5. The summed E-state index contributed by atoms with van der Waals surface area (Å²) in [5, 5.41) is 0. The number of ether oxygens (including phenoxy) is 1. The zero-order chi connectivity index (χ0) is 16.0. The molecule has 0 saturated carbocycles. The van der Waals surface area contributed by atoms with E-state index in [0.29, 0.717) is 18.9 Å². The van der Waals surface area contributed by atoms with Crippen molar-refractivity contribution >= 4 is 0 Å². The monoisotopic (exact) mass is 309 g/mol. The van der Waals surface area contributed by atoms with Crippen LogP contribution < -0.4 is 10.5 Å². The predicted octanol–water partition coefficient (Wildman–Crippen LogP) is 3.90. The van der Waals surface area contributed by atoms with Crippen LogP contribution in [0.4, 0.5) is 13.2 Å². The van der Waals surface area contributed by atoms with E-state index in [2.05, 4.69) is 0 Å². The van der Waals surface area contributed by atoms with Crippen LogP contribution in [0, 0.1) is 5.92 Å². The summed E-state index contributed by atoms with van der Waals surface area (Å²) in [6.45, 7) is 0.826. The second kappa shape index (κ2) is 7.31. The van der Waals surface area contributed by atoms with Crippen LogP contribution in [0.3, 0.4) is 0 Å². The molecule has 0 radical (unpaired) electrons. The van der Waals surface area contributed by atoms with E-state index in [1.807, 2.05) is 30.3 Å². The molecule has 0 aliphatic heterocycles. The third-order valence-corrected chi connectivity index (χ3v) is 3.37. The number of rotatable bonds is 6. The summed E-state index contributed by atoms with van der Waals surface area (Å²) in [6.07, 6.45) is -3.55. The lowest BCUT2D eigenvalue weighted by Crippen LogP contribution is -2.23. The maximum Gasteiger partial charge on any atom is 0.416 e. The van der Waals surface area contributed by atoms with E-state index in [9.17, 15) is 13.2 Å². The van der Waals surface area contributed by atoms with Gasteiger partial charge in [0.1, 0.15) is 5.75 Å². The van der Waals surface area contributed by atoms with Gasteiger partial charge in [-0.2, -0.15) is 13.2 Å². The number of halogens is 3. The first-order valence-corrected chi connectivity index (χ1v) is 7.03. The summed E-state index contributed by atoms with van der Waals surface area (Å²) in [5.74, 6) is 0.532. The zero-order valence-corrected chi connectivity index (χ0v) is 12.0. The number of hydrogen-bond acceptors (Lipinski definition) is 2. The molecule has 0 spiro atoms. The van der Waals surface area contributed by atoms with Crippen LogP contribution in [0.2, 0.25) is 0 Å². The second-order valence-corrected chi connectivity index (χ2v) is 5.12. The maximum atomic E-state index is 12.5. The molecular weight excluding hydrogens is 291 g/mol. The van der Waals surface area contributed by atoms with Gasteiger partial charge in [0.2, 0.25) is 0 Å². The van der Waals surface area contributed by atoms with Crippen molar-refractivity contribution < 1.29 is 17.9 Å². The highest BCUT2D eigenvalue weighted by Crippen LogP contribution is 2.30. The largest absolute Gasteiger partial charge is 0.493 e. The van der Waals surface area contributed by atoms with Crippen LogP contribution in [0.15, 0.2) is 54.6 Å². The minimum Gasteiger partial charge on any atom is -0.493 e. The number of alkyl halides is 3. The van der Waals surface area contributed by atoms with Crippen molar-refractivity contribution in [2.75, 3.05) is 13.2 Å². The fourth-order valence-electron chi connectivity index (χ4n) is 2.11. The molecule has 2 aromatic carbocycles. The Morgan fingerprint density at radius 3 is 2.14 bits per heavy atom. The van der Waals surface area contributed by atoms with Crippen LogP contribution in [-0.2, 0) is 12.6 Å². The molecule has 0 aliphatic rings. The Bertz CT molecular complexity index is 567. The van der Waals surface area contributed by atoms with Gasteiger partial charge >= 0.3 is 6.18 Å². The predicted molar refractivity (Wildman–Crippen MR) is 79.6 cm³/mol. The summed E-state index contributed by atoms with van der Waals surface area (Å²) < 4.78 is 43.0. The summed E-state index contributed by atoms with van der Waals surface area (Å²) in [4.78, 5) is 0. The number of hydrogen-bond donors (Lipinski definition) is 1. The first kappa shape index (κ1) is 16.4. The molecule has 2 nitrogen and oxygen atoms in total. The molecule has 0 bridgehead atoms. The van der Waals surface area contributed by atoms with Gasteiger partial charge in [0.05, 0.1) is 12.2 Å². The van der Waals surface area contributed by atoms with Crippen molar-refractivity contribution in [3.63, 3.8) is 0 Å². The van der Waals surface area contributed by atoms with Gasteiger partial charge in [-0.1, -0.05) is 30.3 Å². The van der Waals surface area contributed by atoms with E-state index in [0.717, 1.165) is 24.1 Å². The zero-order valence-electron chi connectivity index (χ0n) is 12.0. The molecule has 2 N–H and O–H groups in total. The van der Waals surface area contributed by atoms with Gasteiger partial charge < -0.3 is 10.5 Å². The number of nitrogens with two attached hydrogens (primary N) is 1. The van der Waals surface area contributed by atoms with E-state index in [1.54, 1.807) is 0 Å². The van der Waals surface area contributed by atoms with Crippen molar-refractivity contribution in [3.05, 3.63) is 65.7 Å². The van der Waals surface area contributed by atoms with Crippen molar-refractivity contribution in [2.45, 2.75) is 12.6 Å². The Morgan fingerprint density at radius 2 is 1.59 bits per heavy atom. The van der Waals surface area contributed by atoms with Crippen LogP contribution in [-0.4, -0.2) is 13.2 Å². The topological polar surface area (TPSA) is 35.2 Å². The summed E-state index contributed by atoms with van der Waals surface area (Å²) in [7, 11) is 0. The lowest BCUT2D eigenvalue weighted by molar-refractivity contribution is -0.137. The highest BCUT2D eigenvalue weighted by atomic mass is 19.4. The standard InChI is InChI=1S/C17H18F3NO/c18-17(19,20)15-6-8-16(9-7-15)22-12-14(11-21)10-13-4-2-1-3-5-13/h1-9,14H,10-12,21H2. The Kier molecular flexibility index (Phi) is 5.44. The van der Waals surface area contributed by atoms with Gasteiger partial charge in [-0.3, -0.25) is 0 Å². The molecule has 0 amide bonds. The van der Waals surface area contributed by atoms with Crippen molar-refractivity contribution in [1.29, 1.82) is 0 Å². The molecule has 2 aromatic rings. The van der Waals surface area contributed by atoms with Gasteiger partial charge in [0.15, 0.2) is 0 Å². The average molecular weight is 309 g/mol. The van der Waals surface area contributed by atoms with Crippen LogP contribution in [0.1, 0.15) is 11.1 Å². The summed E-state index contributed by atoms with van der Waals surface area (Å²) in [5.41, 5.74) is 6.22. The third-order valence-electron chi connectivity index (χ3n) is 3.37. The molecule has 0 aromatic heterocycles. The van der Waals surface area contributed by atoms with Crippen LogP contribution in [0.25, 0.3) is 0 Å². The third kappa shape index (κ3) is 4.77. The average Bonchev–Trinajstić information content (AvgIpc) is 2.52. The van der Waals surface area contributed by atoms with E-state index >= 15 is 0 Å². The van der Waals surface area contributed by atoms with Gasteiger partial charge in [0.25, 0.3) is 0 Å². The molecule has 0 saturated heterocycles. The highest BCUT2D eigenvalue weighted by Gasteiger charge is 2.30. The normalized spacial score (nSPS) is 12.9. The molecule has 118 valence electrons. The highest BCUT2D eigenvalue weighted by molar-refractivity contribution is 5.28. The van der Waals surface area contributed by atoms with Gasteiger partial charge in [-0.25, -0.2) is 0 Å². The SMILES string of the molecule is NCC(COc1ccc(C(F)(F)F)cc1)Cc1ccccc1. The first-order chi connectivity index (χ1) is 10.5. The quantitative estimate of drug-likeness (QED) is 0.878. The van der Waals surface area contributed by atoms with E-state index < -0.39 is 11.7 Å². The molecule has 22 heavy (non-hydrogen) atoms. The van der Waals surface area contributed by atoms with Gasteiger partial charge in [-0.15, -0.1) is 0 Å². The summed E-state index contributed by atoms with van der Waals surface area (Å²) >= 11 is 0. The molecule has 1 atom stereocenters. The number of benzene rings is 2. The molecule has 0 heterocycles. The van der Waals surface area contributed by atoms with Crippen molar-refractivity contribution in [2.24, 2.45) is 11.7 Å². The van der Waals surface area contributed by atoms with Crippen molar-refractivity contribution in [1.82, 2.24) is 0 Å². The van der Waals surface area contributed by atoms with Crippen LogP contribution in [0.5, 0.6) is 5.75 Å². The van der Waals surface area contributed by atoms with E-state index in [1.165, 1.54) is 12.1 Å². The first-order valence-electron chi connectivity index (χ1n) is 7.03. The van der Waals surface area contributed by atoms with Gasteiger partial charge in [0, 0.05) is 5.92 Å². The van der Waals surface area contributed by atoms with E-state index in [4.69, 9.17) is 10.5 Å². The minimum atomic E-state index is -4.33. The molecule has 2 rings (SSSR count). The fraction of sp³-hybridized carbons (Fsp3) is 0.294. The van der Waals surface area contributed by atoms with Crippen molar-refractivity contribution in [3.8, 4) is 5.75 Å². The Morgan fingerprint density at radius 1 is 0.955 bits per heavy atom. The Hall–Kier alpha value is -2.01. The van der Waals surface area contributed by atoms with E-state index in [-0.39, 0.29) is 5.92 Å². The Balaban J connectivity index is 1.90. The molecule has 1 unspecified atom stereocenters. The van der Waals surface area contributed by atoms with Crippen LogP contribution >= 0.6 is 0 Å². The lowest BCUT2D eigenvalue weighted by Gasteiger charge is -2.16. The molecule has 0 aliphatic carbocycles. The molecule has 5 heteroatoms. The second-order valence-electron chi connectivity index (χ2n) is 5.12. The van der Waals surface area contributed by atoms with Gasteiger partial charge in [-0.05, 0) is 42.8 Å². The Labute approximate surface area is 127 Å². The smallest absolute Gasteiger partial charge is 0.416 e.